The number of carbonyl (C=O) groups is 1. The van der Waals surface area contributed by atoms with E-state index in [2.05, 4.69) is 20.0 Å². The standard InChI is InChI=1S/C21H24N6O/c1-15-5-6-16(2)18(13-15)21(28)26-11-9-25(10-12-26)19-14-20(24-17(3)23-19)27-8-4-7-22-27/h4-8,13-14H,9-12H2,1-3H3. The van der Waals surface area contributed by atoms with Crippen molar-refractivity contribution >= 4 is 11.7 Å². The SMILES string of the molecule is Cc1ccc(C)c(C(=O)N2CCN(c3cc(-n4cccn4)nc(C)n3)CC2)c1. The Morgan fingerprint density at radius 1 is 0.964 bits per heavy atom. The average Bonchev–Trinajstić information content (AvgIpc) is 3.24. The van der Waals surface area contributed by atoms with Crippen LogP contribution in [0.1, 0.15) is 27.3 Å². The molecule has 0 radical (unpaired) electrons. The first-order valence-electron chi connectivity index (χ1n) is 9.48. The maximum atomic E-state index is 12.9. The Kier molecular flexibility index (Phi) is 4.81. The molecule has 1 fully saturated rings. The lowest BCUT2D eigenvalue weighted by Gasteiger charge is -2.35. The Morgan fingerprint density at radius 2 is 1.71 bits per heavy atom. The Labute approximate surface area is 164 Å². The number of benzene rings is 1. The molecular formula is C21H24N6O. The molecule has 1 aromatic carbocycles. The molecule has 144 valence electrons. The van der Waals surface area contributed by atoms with Gasteiger partial charge in [0.15, 0.2) is 5.82 Å². The fraction of sp³-hybridized carbons (Fsp3) is 0.333. The van der Waals surface area contributed by atoms with Gasteiger partial charge in [-0.05, 0) is 38.5 Å². The molecule has 0 bridgehead atoms. The molecule has 3 aromatic rings. The highest BCUT2D eigenvalue weighted by Crippen LogP contribution is 2.19. The lowest BCUT2D eigenvalue weighted by Crippen LogP contribution is -2.49. The highest BCUT2D eigenvalue weighted by molar-refractivity contribution is 5.96. The zero-order valence-electron chi connectivity index (χ0n) is 16.5. The number of piperazine rings is 1. The van der Waals surface area contributed by atoms with Crippen LogP contribution in [0.25, 0.3) is 5.82 Å². The second-order valence-electron chi connectivity index (χ2n) is 7.18. The van der Waals surface area contributed by atoms with Crippen LogP contribution in [0.15, 0.2) is 42.7 Å². The number of aromatic nitrogens is 4. The van der Waals surface area contributed by atoms with Crippen LogP contribution in [0, 0.1) is 20.8 Å². The Balaban J connectivity index is 1.49. The summed E-state index contributed by atoms with van der Waals surface area (Å²) in [6.45, 7) is 8.72. The van der Waals surface area contributed by atoms with Crippen LogP contribution >= 0.6 is 0 Å². The molecule has 0 saturated carbocycles. The summed E-state index contributed by atoms with van der Waals surface area (Å²) in [5.74, 6) is 2.44. The number of aryl methyl sites for hydroxylation is 3. The maximum absolute atomic E-state index is 12.9. The predicted octanol–water partition coefficient (Wildman–Crippen LogP) is 2.55. The molecule has 7 heteroatoms. The number of nitrogens with zero attached hydrogens (tertiary/aromatic N) is 6. The fourth-order valence-corrected chi connectivity index (χ4v) is 3.50. The number of amides is 1. The Bertz CT molecular complexity index is 990. The molecule has 0 spiro atoms. The summed E-state index contributed by atoms with van der Waals surface area (Å²) < 4.78 is 1.73. The van der Waals surface area contributed by atoms with Crippen LogP contribution in [0.4, 0.5) is 5.82 Å². The Hall–Kier alpha value is -3.22. The summed E-state index contributed by atoms with van der Waals surface area (Å²) in [6, 6.07) is 9.85. The largest absolute Gasteiger partial charge is 0.353 e. The van der Waals surface area contributed by atoms with E-state index in [-0.39, 0.29) is 5.91 Å². The summed E-state index contributed by atoms with van der Waals surface area (Å²) in [5.41, 5.74) is 2.93. The summed E-state index contributed by atoms with van der Waals surface area (Å²) >= 11 is 0. The van der Waals surface area contributed by atoms with Crippen molar-refractivity contribution in [3.05, 3.63) is 65.2 Å². The van der Waals surface area contributed by atoms with Crippen molar-refractivity contribution in [1.82, 2.24) is 24.6 Å². The second kappa shape index (κ2) is 7.42. The molecule has 1 saturated heterocycles. The van der Waals surface area contributed by atoms with Crippen LogP contribution in [-0.2, 0) is 0 Å². The number of rotatable bonds is 3. The highest BCUT2D eigenvalue weighted by atomic mass is 16.2. The van der Waals surface area contributed by atoms with Crippen molar-refractivity contribution in [3.8, 4) is 5.82 Å². The minimum atomic E-state index is 0.108. The summed E-state index contributed by atoms with van der Waals surface area (Å²) in [5, 5.41) is 4.25. The minimum Gasteiger partial charge on any atom is -0.353 e. The second-order valence-corrected chi connectivity index (χ2v) is 7.18. The lowest BCUT2D eigenvalue weighted by molar-refractivity contribution is 0.0745. The summed E-state index contributed by atoms with van der Waals surface area (Å²) in [6.07, 6.45) is 3.60. The predicted molar refractivity (Wildman–Crippen MR) is 108 cm³/mol. The van der Waals surface area contributed by atoms with E-state index in [4.69, 9.17) is 0 Å². The molecule has 28 heavy (non-hydrogen) atoms. The van der Waals surface area contributed by atoms with Crippen molar-refractivity contribution in [1.29, 1.82) is 0 Å². The van der Waals surface area contributed by atoms with E-state index < -0.39 is 0 Å². The van der Waals surface area contributed by atoms with Gasteiger partial charge in [-0.1, -0.05) is 17.7 Å². The van der Waals surface area contributed by atoms with Gasteiger partial charge in [-0.3, -0.25) is 4.79 Å². The highest BCUT2D eigenvalue weighted by Gasteiger charge is 2.24. The van der Waals surface area contributed by atoms with Gasteiger partial charge in [-0.15, -0.1) is 0 Å². The zero-order valence-corrected chi connectivity index (χ0v) is 16.5. The third-order valence-electron chi connectivity index (χ3n) is 5.06. The van der Waals surface area contributed by atoms with E-state index >= 15 is 0 Å². The normalized spacial score (nSPS) is 14.4. The molecule has 4 rings (SSSR count). The van der Waals surface area contributed by atoms with Crippen molar-refractivity contribution in [2.75, 3.05) is 31.1 Å². The van der Waals surface area contributed by atoms with Crippen LogP contribution in [-0.4, -0.2) is 56.7 Å². The smallest absolute Gasteiger partial charge is 0.254 e. The van der Waals surface area contributed by atoms with E-state index in [0.29, 0.717) is 18.9 Å². The topological polar surface area (TPSA) is 67.2 Å². The van der Waals surface area contributed by atoms with Crippen molar-refractivity contribution in [2.24, 2.45) is 0 Å². The number of hydrogen-bond donors (Lipinski definition) is 0. The molecular weight excluding hydrogens is 352 g/mol. The van der Waals surface area contributed by atoms with Gasteiger partial charge in [0.25, 0.3) is 5.91 Å². The molecule has 1 amide bonds. The first-order valence-corrected chi connectivity index (χ1v) is 9.48. The van der Waals surface area contributed by atoms with Crippen molar-refractivity contribution in [3.63, 3.8) is 0 Å². The van der Waals surface area contributed by atoms with Crippen LogP contribution in [0.2, 0.25) is 0 Å². The number of anilines is 1. The fourth-order valence-electron chi connectivity index (χ4n) is 3.50. The van der Waals surface area contributed by atoms with Gasteiger partial charge in [0, 0.05) is 50.2 Å². The van der Waals surface area contributed by atoms with Crippen LogP contribution in [0.3, 0.4) is 0 Å². The van der Waals surface area contributed by atoms with E-state index in [1.807, 2.05) is 62.2 Å². The van der Waals surface area contributed by atoms with Crippen molar-refractivity contribution in [2.45, 2.75) is 20.8 Å². The third-order valence-corrected chi connectivity index (χ3v) is 5.06. The van der Waals surface area contributed by atoms with Crippen LogP contribution in [0.5, 0.6) is 0 Å². The lowest BCUT2D eigenvalue weighted by atomic mass is 10.0. The van der Waals surface area contributed by atoms with E-state index in [1.54, 1.807) is 10.9 Å². The summed E-state index contributed by atoms with van der Waals surface area (Å²) in [7, 11) is 0. The molecule has 1 aliphatic rings. The van der Waals surface area contributed by atoms with Gasteiger partial charge in [-0.2, -0.15) is 5.10 Å². The van der Waals surface area contributed by atoms with Crippen LogP contribution < -0.4 is 4.90 Å². The van der Waals surface area contributed by atoms with Gasteiger partial charge < -0.3 is 9.80 Å². The summed E-state index contributed by atoms with van der Waals surface area (Å²) in [4.78, 5) is 26.1. The van der Waals surface area contributed by atoms with Gasteiger partial charge in [0.1, 0.15) is 11.6 Å². The zero-order chi connectivity index (χ0) is 19.7. The molecule has 0 N–H and O–H groups in total. The molecule has 1 aliphatic heterocycles. The number of hydrogen-bond acceptors (Lipinski definition) is 5. The number of carbonyl (C=O) groups excluding carboxylic acids is 1. The van der Waals surface area contributed by atoms with Gasteiger partial charge in [0.2, 0.25) is 0 Å². The van der Waals surface area contributed by atoms with E-state index in [1.165, 1.54) is 0 Å². The molecule has 0 aliphatic carbocycles. The third kappa shape index (κ3) is 3.60. The minimum absolute atomic E-state index is 0.108. The average molecular weight is 376 g/mol. The molecule has 0 atom stereocenters. The first-order chi connectivity index (χ1) is 13.5. The molecule has 3 heterocycles. The maximum Gasteiger partial charge on any atom is 0.254 e. The molecule has 2 aromatic heterocycles. The monoisotopic (exact) mass is 376 g/mol. The molecule has 7 nitrogen and oxygen atoms in total. The quantitative estimate of drug-likeness (QED) is 0.703. The van der Waals surface area contributed by atoms with E-state index in [9.17, 15) is 4.79 Å². The van der Waals surface area contributed by atoms with Gasteiger partial charge in [-0.25, -0.2) is 14.6 Å². The van der Waals surface area contributed by atoms with E-state index in [0.717, 1.165) is 41.4 Å². The van der Waals surface area contributed by atoms with Crippen molar-refractivity contribution < 1.29 is 4.79 Å². The Morgan fingerprint density at radius 3 is 2.43 bits per heavy atom. The van der Waals surface area contributed by atoms with Gasteiger partial charge >= 0.3 is 0 Å². The van der Waals surface area contributed by atoms with Gasteiger partial charge in [0.05, 0.1) is 0 Å². The first kappa shape index (κ1) is 18.2. The molecule has 0 unspecified atom stereocenters.